The van der Waals surface area contributed by atoms with Gasteiger partial charge in [-0.3, -0.25) is 9.69 Å². The van der Waals surface area contributed by atoms with E-state index in [2.05, 4.69) is 10.1 Å². The minimum atomic E-state index is 0.0826. The molecule has 0 spiro atoms. The molecular weight excluding hydrogens is 338 g/mol. The van der Waals surface area contributed by atoms with Crippen LogP contribution in [-0.4, -0.2) is 59.3 Å². The van der Waals surface area contributed by atoms with Crippen molar-refractivity contribution < 1.29 is 14.1 Å². The van der Waals surface area contributed by atoms with Gasteiger partial charge >= 0.3 is 0 Å². The number of nitrogens with zero attached hydrogens (tertiary/aromatic N) is 3. The first-order chi connectivity index (χ1) is 12.0. The quantitative estimate of drug-likeness (QED) is 0.840. The summed E-state index contributed by atoms with van der Waals surface area (Å²) in [6.07, 6.45) is 0.0826. The molecule has 2 aromatic heterocycles. The van der Waals surface area contributed by atoms with E-state index in [0.29, 0.717) is 19.7 Å². The zero-order valence-electron chi connectivity index (χ0n) is 14.8. The van der Waals surface area contributed by atoms with Gasteiger partial charge in [-0.05, 0) is 37.8 Å². The maximum absolute atomic E-state index is 12.8. The summed E-state index contributed by atoms with van der Waals surface area (Å²) >= 11 is 1.52. The minimum absolute atomic E-state index is 0.0826. The molecule has 2 aliphatic rings. The maximum Gasteiger partial charge on any atom is 0.264 e. The van der Waals surface area contributed by atoms with Crippen LogP contribution >= 0.6 is 11.3 Å². The molecule has 0 aromatic carbocycles. The van der Waals surface area contributed by atoms with Gasteiger partial charge < -0.3 is 14.2 Å². The number of aromatic nitrogens is 1. The van der Waals surface area contributed by atoms with E-state index in [1.165, 1.54) is 11.3 Å². The van der Waals surface area contributed by atoms with Crippen LogP contribution in [0, 0.1) is 20.8 Å². The Morgan fingerprint density at radius 2 is 2.20 bits per heavy atom. The number of amides is 1. The van der Waals surface area contributed by atoms with Gasteiger partial charge in [0.15, 0.2) is 0 Å². The van der Waals surface area contributed by atoms with Crippen LogP contribution < -0.4 is 0 Å². The maximum atomic E-state index is 12.8. The number of rotatable bonds is 3. The zero-order chi connectivity index (χ0) is 17.6. The van der Waals surface area contributed by atoms with Gasteiger partial charge in [0.25, 0.3) is 5.91 Å². The van der Waals surface area contributed by atoms with Crippen molar-refractivity contribution in [3.8, 4) is 0 Å². The Morgan fingerprint density at radius 1 is 1.36 bits per heavy atom. The molecule has 0 saturated carbocycles. The molecule has 1 amide bonds. The standard InChI is InChI=1S/C18H23N3O3S/c1-11-6-17(25-10-11)18(22)21-8-15-16(9-21)23-5-4-20(15)7-14-12(2)19-24-13(14)3/h6,10,15-16H,4-5,7-9H2,1-3H3. The number of thiophene rings is 1. The predicted octanol–water partition coefficient (Wildman–Crippen LogP) is 2.39. The van der Waals surface area contributed by atoms with Crippen LogP contribution in [0.3, 0.4) is 0 Å². The monoisotopic (exact) mass is 361 g/mol. The second-order valence-electron chi connectivity index (χ2n) is 6.95. The largest absolute Gasteiger partial charge is 0.373 e. The lowest BCUT2D eigenvalue weighted by Crippen LogP contribution is -2.50. The summed E-state index contributed by atoms with van der Waals surface area (Å²) in [4.78, 5) is 17.9. The van der Waals surface area contributed by atoms with Gasteiger partial charge in [0.2, 0.25) is 0 Å². The van der Waals surface area contributed by atoms with Gasteiger partial charge in [-0.25, -0.2) is 0 Å². The molecule has 2 aliphatic heterocycles. The van der Waals surface area contributed by atoms with E-state index in [1.807, 2.05) is 37.1 Å². The van der Waals surface area contributed by atoms with E-state index in [4.69, 9.17) is 9.26 Å². The number of morpholine rings is 1. The molecule has 0 aliphatic carbocycles. The first-order valence-corrected chi connectivity index (χ1v) is 9.52. The second-order valence-corrected chi connectivity index (χ2v) is 7.86. The fourth-order valence-corrected chi connectivity index (χ4v) is 4.62. The molecule has 2 atom stereocenters. The van der Waals surface area contributed by atoms with Crippen molar-refractivity contribution >= 4 is 17.2 Å². The zero-order valence-corrected chi connectivity index (χ0v) is 15.6. The summed E-state index contributed by atoms with van der Waals surface area (Å²) in [5.41, 5.74) is 3.24. The fraction of sp³-hybridized carbons (Fsp3) is 0.556. The molecule has 2 saturated heterocycles. The third-order valence-electron chi connectivity index (χ3n) is 5.19. The van der Waals surface area contributed by atoms with Crippen LogP contribution in [0.2, 0.25) is 0 Å². The summed E-state index contributed by atoms with van der Waals surface area (Å²) in [5.74, 6) is 0.994. The molecular formula is C18H23N3O3S. The third-order valence-corrected chi connectivity index (χ3v) is 6.22. The number of likely N-dealkylation sites (tertiary alicyclic amines) is 1. The number of carbonyl (C=O) groups is 1. The van der Waals surface area contributed by atoms with Crippen LogP contribution in [0.25, 0.3) is 0 Å². The number of carbonyl (C=O) groups excluding carboxylic acids is 1. The minimum Gasteiger partial charge on any atom is -0.373 e. The molecule has 6 nitrogen and oxygen atoms in total. The smallest absolute Gasteiger partial charge is 0.264 e. The summed E-state index contributed by atoms with van der Waals surface area (Å²) in [5, 5.41) is 6.08. The van der Waals surface area contributed by atoms with Gasteiger partial charge in [-0.15, -0.1) is 11.3 Å². The number of hydrogen-bond acceptors (Lipinski definition) is 6. The van der Waals surface area contributed by atoms with Crippen molar-refractivity contribution in [1.29, 1.82) is 0 Å². The van der Waals surface area contributed by atoms with Gasteiger partial charge in [0, 0.05) is 31.7 Å². The number of fused-ring (bicyclic) bond motifs is 1. The highest BCUT2D eigenvalue weighted by atomic mass is 32.1. The van der Waals surface area contributed by atoms with Crippen molar-refractivity contribution in [3.63, 3.8) is 0 Å². The molecule has 0 N–H and O–H groups in total. The van der Waals surface area contributed by atoms with Crippen LogP contribution in [0.4, 0.5) is 0 Å². The molecule has 7 heteroatoms. The molecule has 134 valence electrons. The highest BCUT2D eigenvalue weighted by Crippen LogP contribution is 2.28. The lowest BCUT2D eigenvalue weighted by Gasteiger charge is -2.36. The van der Waals surface area contributed by atoms with Crippen LogP contribution in [0.1, 0.15) is 32.3 Å². The number of aryl methyl sites for hydroxylation is 3. The first-order valence-electron chi connectivity index (χ1n) is 8.64. The third kappa shape index (κ3) is 3.12. The van der Waals surface area contributed by atoms with E-state index in [0.717, 1.165) is 40.5 Å². The topological polar surface area (TPSA) is 58.8 Å². The lowest BCUT2D eigenvalue weighted by molar-refractivity contribution is -0.0505. The Bertz CT molecular complexity index is 765. The Labute approximate surface area is 151 Å². The van der Waals surface area contributed by atoms with E-state index >= 15 is 0 Å². The molecule has 0 bridgehead atoms. The Kier molecular flexibility index (Phi) is 4.39. The molecule has 2 fully saturated rings. The molecule has 25 heavy (non-hydrogen) atoms. The summed E-state index contributed by atoms with van der Waals surface area (Å²) in [6.45, 7) is 9.69. The van der Waals surface area contributed by atoms with Gasteiger partial charge in [-0.1, -0.05) is 5.16 Å². The summed E-state index contributed by atoms with van der Waals surface area (Å²) < 4.78 is 11.3. The first kappa shape index (κ1) is 16.8. The summed E-state index contributed by atoms with van der Waals surface area (Å²) in [6, 6.07) is 2.20. The molecule has 0 radical (unpaired) electrons. The van der Waals surface area contributed by atoms with E-state index in [-0.39, 0.29) is 18.1 Å². The van der Waals surface area contributed by atoms with Crippen molar-refractivity contribution in [2.75, 3.05) is 26.2 Å². The molecule has 4 rings (SSSR count). The van der Waals surface area contributed by atoms with E-state index in [9.17, 15) is 4.79 Å². The molecule has 2 unspecified atom stereocenters. The van der Waals surface area contributed by atoms with Crippen molar-refractivity contribution in [2.45, 2.75) is 39.5 Å². The Hall–Kier alpha value is -1.70. The number of hydrogen-bond donors (Lipinski definition) is 0. The lowest BCUT2D eigenvalue weighted by atomic mass is 10.1. The highest BCUT2D eigenvalue weighted by Gasteiger charge is 2.42. The highest BCUT2D eigenvalue weighted by molar-refractivity contribution is 7.12. The SMILES string of the molecule is Cc1csc(C(=O)N2CC3OCCN(Cc4c(C)noc4C)C3C2)c1. The predicted molar refractivity (Wildman–Crippen MR) is 94.9 cm³/mol. The normalized spacial score (nSPS) is 23.9. The van der Waals surface area contributed by atoms with E-state index in [1.54, 1.807) is 0 Å². The van der Waals surface area contributed by atoms with Gasteiger partial charge in [0.1, 0.15) is 5.76 Å². The average Bonchev–Trinajstić information content (AvgIpc) is 3.29. The molecule has 2 aromatic rings. The van der Waals surface area contributed by atoms with Crippen LogP contribution in [-0.2, 0) is 11.3 Å². The van der Waals surface area contributed by atoms with Gasteiger partial charge in [0.05, 0.1) is 29.3 Å². The van der Waals surface area contributed by atoms with Crippen molar-refractivity contribution in [1.82, 2.24) is 15.0 Å². The van der Waals surface area contributed by atoms with Crippen molar-refractivity contribution in [3.05, 3.63) is 38.9 Å². The number of ether oxygens (including phenoxy) is 1. The second kappa shape index (κ2) is 6.55. The molecule has 4 heterocycles. The van der Waals surface area contributed by atoms with Crippen LogP contribution in [0.5, 0.6) is 0 Å². The van der Waals surface area contributed by atoms with Crippen molar-refractivity contribution in [2.24, 2.45) is 0 Å². The van der Waals surface area contributed by atoms with E-state index < -0.39 is 0 Å². The van der Waals surface area contributed by atoms with Crippen LogP contribution in [0.15, 0.2) is 16.0 Å². The fourth-order valence-electron chi connectivity index (χ4n) is 3.75. The Morgan fingerprint density at radius 3 is 2.88 bits per heavy atom. The average molecular weight is 361 g/mol. The summed E-state index contributed by atoms with van der Waals surface area (Å²) in [7, 11) is 0. The Balaban J connectivity index is 1.49. The van der Waals surface area contributed by atoms with Gasteiger partial charge in [-0.2, -0.15) is 0 Å².